The van der Waals surface area contributed by atoms with Crippen molar-refractivity contribution >= 4 is 17.3 Å². The number of amides is 1. The van der Waals surface area contributed by atoms with Gasteiger partial charge < -0.3 is 15.7 Å². The number of carbonyl (C=O) groups is 1. The number of aliphatic hydroxyl groups excluding tert-OH is 1. The van der Waals surface area contributed by atoms with Crippen molar-refractivity contribution in [2.24, 2.45) is 0 Å². The van der Waals surface area contributed by atoms with Crippen molar-refractivity contribution in [3.8, 4) is 0 Å². The van der Waals surface area contributed by atoms with E-state index in [0.29, 0.717) is 30.8 Å². The number of hydrogen-bond acceptors (Lipinski definition) is 5. The molecule has 1 rings (SSSR count). The first-order valence-electron chi connectivity index (χ1n) is 7.01. The van der Waals surface area contributed by atoms with E-state index in [0.717, 1.165) is 12.8 Å². The van der Waals surface area contributed by atoms with E-state index >= 15 is 0 Å². The zero-order valence-electron chi connectivity index (χ0n) is 12.1. The Morgan fingerprint density at radius 3 is 2.71 bits per heavy atom. The quantitative estimate of drug-likeness (QED) is 0.367. The smallest absolute Gasteiger partial charge is 0.292 e. The molecule has 3 N–H and O–H groups in total. The van der Waals surface area contributed by atoms with Crippen molar-refractivity contribution in [3.05, 3.63) is 33.9 Å². The van der Waals surface area contributed by atoms with E-state index in [9.17, 15) is 14.9 Å². The Morgan fingerprint density at radius 1 is 1.33 bits per heavy atom. The maximum Gasteiger partial charge on any atom is 0.292 e. The lowest BCUT2D eigenvalue weighted by Crippen LogP contribution is -2.22. The van der Waals surface area contributed by atoms with Crippen LogP contribution in [0.25, 0.3) is 0 Å². The largest absolute Gasteiger partial charge is 0.396 e. The lowest BCUT2D eigenvalue weighted by molar-refractivity contribution is -0.384. The molecule has 7 heteroatoms. The number of carbonyl (C=O) groups excluding carboxylic acids is 1. The minimum atomic E-state index is -0.475. The Bertz CT molecular complexity index is 491. The van der Waals surface area contributed by atoms with E-state index in [4.69, 9.17) is 5.11 Å². The monoisotopic (exact) mass is 295 g/mol. The molecule has 0 aliphatic heterocycles. The number of nitrogens with one attached hydrogen (secondary N) is 2. The molecule has 0 saturated heterocycles. The number of hydrogen-bond donors (Lipinski definition) is 3. The lowest BCUT2D eigenvalue weighted by atomic mass is 10.1. The molecule has 21 heavy (non-hydrogen) atoms. The predicted octanol–water partition coefficient (Wildman–Crippen LogP) is 1.92. The zero-order chi connectivity index (χ0) is 15.7. The fraction of sp³-hybridized carbons (Fsp3) is 0.500. The third-order valence-electron chi connectivity index (χ3n) is 2.94. The van der Waals surface area contributed by atoms with Crippen molar-refractivity contribution in [3.63, 3.8) is 0 Å². The van der Waals surface area contributed by atoms with Gasteiger partial charge in [0.15, 0.2) is 0 Å². The number of aliphatic hydroxyl groups is 1. The molecule has 0 unspecified atom stereocenters. The highest BCUT2D eigenvalue weighted by atomic mass is 16.6. The van der Waals surface area contributed by atoms with Gasteiger partial charge in [-0.25, -0.2) is 0 Å². The first kappa shape index (κ1) is 16.9. The number of nitrogens with zero attached hydrogens (tertiary/aromatic N) is 1. The summed E-state index contributed by atoms with van der Waals surface area (Å²) < 4.78 is 0. The van der Waals surface area contributed by atoms with Crippen LogP contribution < -0.4 is 10.6 Å². The first-order chi connectivity index (χ1) is 10.1. The summed E-state index contributed by atoms with van der Waals surface area (Å²) >= 11 is 0. The zero-order valence-corrected chi connectivity index (χ0v) is 12.1. The minimum absolute atomic E-state index is 0.0507. The second-order valence-electron chi connectivity index (χ2n) is 4.56. The second-order valence-corrected chi connectivity index (χ2v) is 4.56. The normalized spacial score (nSPS) is 10.2. The molecular weight excluding hydrogens is 274 g/mol. The van der Waals surface area contributed by atoms with E-state index in [-0.39, 0.29) is 18.2 Å². The fourth-order valence-corrected chi connectivity index (χ4v) is 1.88. The molecule has 7 nitrogen and oxygen atoms in total. The summed E-state index contributed by atoms with van der Waals surface area (Å²) in [6, 6.07) is 4.27. The van der Waals surface area contributed by atoms with Crippen molar-refractivity contribution in [1.29, 1.82) is 0 Å². The third-order valence-corrected chi connectivity index (χ3v) is 2.94. The topological polar surface area (TPSA) is 104 Å². The van der Waals surface area contributed by atoms with Gasteiger partial charge in [0, 0.05) is 31.3 Å². The van der Waals surface area contributed by atoms with Crippen molar-refractivity contribution in [2.45, 2.75) is 26.2 Å². The highest BCUT2D eigenvalue weighted by molar-refractivity contribution is 5.95. The standard InChI is InChI=1S/C14H21N3O4/c1-2-15-14(19)11-6-7-13(17(20)21)12(10-11)16-8-4-3-5-9-18/h6-7,10,16,18H,2-5,8-9H2,1H3,(H,15,19). The number of nitro benzene ring substituents is 1. The van der Waals surface area contributed by atoms with E-state index in [1.165, 1.54) is 18.2 Å². The summed E-state index contributed by atoms with van der Waals surface area (Å²) in [5.74, 6) is -0.254. The Balaban J connectivity index is 2.79. The summed E-state index contributed by atoms with van der Waals surface area (Å²) in [6.45, 7) is 3.01. The van der Waals surface area contributed by atoms with Gasteiger partial charge in [0.25, 0.3) is 11.6 Å². The van der Waals surface area contributed by atoms with Gasteiger partial charge in [-0.3, -0.25) is 14.9 Å². The van der Waals surface area contributed by atoms with Gasteiger partial charge in [0.05, 0.1) is 4.92 Å². The Hall–Kier alpha value is -2.15. The van der Waals surface area contributed by atoms with Gasteiger partial charge in [-0.2, -0.15) is 0 Å². The van der Waals surface area contributed by atoms with Gasteiger partial charge in [0.1, 0.15) is 5.69 Å². The highest BCUT2D eigenvalue weighted by Crippen LogP contribution is 2.25. The van der Waals surface area contributed by atoms with Crippen LogP contribution in [-0.2, 0) is 0 Å². The molecule has 1 aromatic carbocycles. The van der Waals surface area contributed by atoms with Gasteiger partial charge >= 0.3 is 0 Å². The Labute approximate surface area is 123 Å². The average molecular weight is 295 g/mol. The molecular formula is C14H21N3O4. The lowest BCUT2D eigenvalue weighted by Gasteiger charge is -2.09. The number of rotatable bonds is 9. The van der Waals surface area contributed by atoms with Crippen LogP contribution in [0.5, 0.6) is 0 Å². The van der Waals surface area contributed by atoms with Crippen LogP contribution in [0.2, 0.25) is 0 Å². The maximum absolute atomic E-state index is 11.8. The van der Waals surface area contributed by atoms with Crippen LogP contribution in [-0.4, -0.2) is 35.6 Å². The van der Waals surface area contributed by atoms with Crippen LogP contribution >= 0.6 is 0 Å². The molecule has 0 heterocycles. The number of nitro groups is 1. The first-order valence-corrected chi connectivity index (χ1v) is 7.01. The van der Waals surface area contributed by atoms with Crippen LogP contribution in [0, 0.1) is 10.1 Å². The summed E-state index contributed by atoms with van der Waals surface area (Å²) in [5, 5.41) is 25.3. The number of unbranched alkanes of at least 4 members (excludes halogenated alkanes) is 2. The fourth-order valence-electron chi connectivity index (χ4n) is 1.88. The molecule has 0 spiro atoms. The predicted molar refractivity (Wildman–Crippen MR) is 80.5 cm³/mol. The molecule has 0 aromatic heterocycles. The third kappa shape index (κ3) is 5.39. The Kier molecular flexibility index (Phi) is 7.17. The summed E-state index contributed by atoms with van der Waals surface area (Å²) in [6.07, 6.45) is 2.35. The van der Waals surface area contributed by atoms with Crippen molar-refractivity contribution in [1.82, 2.24) is 5.32 Å². The number of anilines is 1. The van der Waals surface area contributed by atoms with Gasteiger partial charge in [0.2, 0.25) is 0 Å². The average Bonchev–Trinajstić information content (AvgIpc) is 2.47. The van der Waals surface area contributed by atoms with Crippen LogP contribution in [0.3, 0.4) is 0 Å². The SMILES string of the molecule is CCNC(=O)c1ccc([N+](=O)[O-])c(NCCCCCO)c1. The van der Waals surface area contributed by atoms with E-state index < -0.39 is 4.92 Å². The number of benzene rings is 1. The molecule has 0 fully saturated rings. The molecule has 1 amide bonds. The summed E-state index contributed by atoms with van der Waals surface area (Å²) in [7, 11) is 0. The van der Waals surface area contributed by atoms with Gasteiger partial charge in [-0.05, 0) is 38.3 Å². The molecule has 116 valence electrons. The summed E-state index contributed by atoms with van der Waals surface area (Å²) in [5.41, 5.74) is 0.679. The van der Waals surface area contributed by atoms with Gasteiger partial charge in [-0.15, -0.1) is 0 Å². The maximum atomic E-state index is 11.8. The van der Waals surface area contributed by atoms with Crippen LogP contribution in [0.15, 0.2) is 18.2 Å². The van der Waals surface area contributed by atoms with Crippen LogP contribution in [0.1, 0.15) is 36.5 Å². The molecule has 0 aliphatic carbocycles. The molecule has 0 bridgehead atoms. The second kappa shape index (κ2) is 8.91. The molecule has 0 aliphatic rings. The van der Waals surface area contributed by atoms with Gasteiger partial charge in [-0.1, -0.05) is 0 Å². The molecule has 0 saturated carbocycles. The van der Waals surface area contributed by atoms with E-state index in [2.05, 4.69) is 10.6 Å². The molecule has 0 atom stereocenters. The highest BCUT2D eigenvalue weighted by Gasteiger charge is 2.16. The van der Waals surface area contributed by atoms with Crippen molar-refractivity contribution < 1.29 is 14.8 Å². The van der Waals surface area contributed by atoms with E-state index in [1.807, 2.05) is 6.92 Å². The summed E-state index contributed by atoms with van der Waals surface area (Å²) in [4.78, 5) is 22.3. The van der Waals surface area contributed by atoms with Crippen LogP contribution in [0.4, 0.5) is 11.4 Å². The molecule has 1 aromatic rings. The van der Waals surface area contributed by atoms with Crippen molar-refractivity contribution in [2.75, 3.05) is 25.0 Å². The minimum Gasteiger partial charge on any atom is -0.396 e. The Morgan fingerprint density at radius 2 is 2.10 bits per heavy atom. The van der Waals surface area contributed by atoms with E-state index in [1.54, 1.807) is 0 Å². The molecule has 0 radical (unpaired) electrons.